The van der Waals surface area contributed by atoms with E-state index in [-0.39, 0.29) is 18.6 Å². The minimum atomic E-state index is -3.49. The van der Waals surface area contributed by atoms with Crippen molar-refractivity contribution in [2.24, 2.45) is 0 Å². The van der Waals surface area contributed by atoms with Crippen molar-refractivity contribution in [2.75, 3.05) is 17.6 Å². The molecule has 0 heterocycles. The van der Waals surface area contributed by atoms with Crippen molar-refractivity contribution in [3.8, 4) is 0 Å². The van der Waals surface area contributed by atoms with Gasteiger partial charge in [-0.3, -0.25) is 9.52 Å². The lowest BCUT2D eigenvalue weighted by molar-refractivity contribution is -0.140. The molecule has 0 aromatic heterocycles. The summed E-state index contributed by atoms with van der Waals surface area (Å²) >= 11 is 6.53. The van der Waals surface area contributed by atoms with Crippen LogP contribution < -0.4 is 4.72 Å². The van der Waals surface area contributed by atoms with E-state index in [1.54, 1.807) is 18.2 Å². The molecular weight excluding hydrogens is 402 g/mol. The van der Waals surface area contributed by atoms with E-state index in [4.69, 9.17) is 0 Å². The molecule has 0 fully saturated rings. The van der Waals surface area contributed by atoms with E-state index in [2.05, 4.69) is 41.3 Å². The average molecular weight is 415 g/mol. The zero-order valence-electron chi connectivity index (χ0n) is 10.2. The lowest BCUT2D eigenvalue weighted by Crippen LogP contribution is -2.18. The van der Waals surface area contributed by atoms with Crippen LogP contribution in [0.5, 0.6) is 0 Å². The second kappa shape index (κ2) is 7.25. The van der Waals surface area contributed by atoms with E-state index >= 15 is 0 Å². The SMILES string of the molecule is COC(=O)CCCS(=O)(=O)Nc1cc(Br)ccc1Br. The van der Waals surface area contributed by atoms with Crippen molar-refractivity contribution in [1.82, 2.24) is 0 Å². The second-order valence-corrected chi connectivity index (χ2v) is 7.34. The van der Waals surface area contributed by atoms with Gasteiger partial charge in [-0.25, -0.2) is 8.42 Å². The van der Waals surface area contributed by atoms with E-state index < -0.39 is 16.0 Å². The van der Waals surface area contributed by atoms with Crippen molar-refractivity contribution < 1.29 is 17.9 Å². The maximum Gasteiger partial charge on any atom is 0.305 e. The first-order valence-corrected chi connectivity index (χ1v) is 8.60. The molecule has 5 nitrogen and oxygen atoms in total. The van der Waals surface area contributed by atoms with Gasteiger partial charge in [0.1, 0.15) is 0 Å². The van der Waals surface area contributed by atoms with E-state index in [1.807, 2.05) is 0 Å². The summed E-state index contributed by atoms with van der Waals surface area (Å²) in [5.41, 5.74) is 0.451. The lowest BCUT2D eigenvalue weighted by Gasteiger charge is -2.09. The van der Waals surface area contributed by atoms with Crippen LogP contribution in [-0.4, -0.2) is 27.2 Å². The van der Waals surface area contributed by atoms with Crippen LogP contribution in [0, 0.1) is 0 Å². The van der Waals surface area contributed by atoms with Gasteiger partial charge >= 0.3 is 5.97 Å². The molecule has 1 rings (SSSR count). The van der Waals surface area contributed by atoms with Crippen LogP contribution in [-0.2, 0) is 19.6 Å². The third kappa shape index (κ3) is 5.92. The number of benzene rings is 1. The molecule has 0 aliphatic rings. The highest BCUT2D eigenvalue weighted by Crippen LogP contribution is 2.27. The fourth-order valence-corrected chi connectivity index (χ4v) is 3.27. The molecule has 8 heteroatoms. The number of ether oxygens (including phenoxy) is 1. The summed E-state index contributed by atoms with van der Waals surface area (Å²) < 4.78 is 32.0. The predicted molar refractivity (Wildman–Crippen MR) is 80.5 cm³/mol. The van der Waals surface area contributed by atoms with E-state index in [0.717, 1.165) is 4.47 Å². The minimum absolute atomic E-state index is 0.0804. The second-order valence-electron chi connectivity index (χ2n) is 3.72. The molecule has 0 amide bonds. The lowest BCUT2D eigenvalue weighted by atomic mass is 10.3. The number of halogens is 2. The van der Waals surface area contributed by atoms with Crippen LogP contribution in [0.3, 0.4) is 0 Å². The molecule has 0 saturated carbocycles. The van der Waals surface area contributed by atoms with Crippen molar-refractivity contribution >= 4 is 53.5 Å². The Morgan fingerprint density at radius 2 is 2.05 bits per heavy atom. The van der Waals surface area contributed by atoms with Gasteiger partial charge in [-0.05, 0) is 40.5 Å². The molecule has 1 aromatic rings. The van der Waals surface area contributed by atoms with Gasteiger partial charge in [0.15, 0.2) is 0 Å². The minimum Gasteiger partial charge on any atom is -0.469 e. The molecule has 0 unspecified atom stereocenters. The number of methoxy groups -OCH3 is 1. The molecule has 19 heavy (non-hydrogen) atoms. The van der Waals surface area contributed by atoms with E-state index in [1.165, 1.54) is 7.11 Å². The number of carbonyl (C=O) groups is 1. The van der Waals surface area contributed by atoms with Crippen molar-refractivity contribution in [3.05, 3.63) is 27.1 Å². The Morgan fingerprint density at radius 3 is 2.68 bits per heavy atom. The number of rotatable bonds is 6. The normalized spacial score (nSPS) is 11.1. The molecule has 106 valence electrons. The summed E-state index contributed by atoms with van der Waals surface area (Å²) in [5.74, 6) is -0.556. The largest absolute Gasteiger partial charge is 0.469 e. The first-order chi connectivity index (χ1) is 8.84. The van der Waals surface area contributed by atoms with Gasteiger partial charge in [-0.2, -0.15) is 0 Å². The van der Waals surface area contributed by atoms with Gasteiger partial charge in [0.05, 0.1) is 18.6 Å². The Balaban J connectivity index is 2.64. The molecule has 0 saturated heterocycles. The number of esters is 1. The quantitative estimate of drug-likeness (QED) is 0.726. The monoisotopic (exact) mass is 413 g/mol. The molecule has 0 aliphatic heterocycles. The fourth-order valence-electron chi connectivity index (χ4n) is 1.30. The smallest absolute Gasteiger partial charge is 0.305 e. The Kier molecular flexibility index (Phi) is 6.28. The summed E-state index contributed by atoms with van der Waals surface area (Å²) in [5, 5.41) is 0. The third-order valence-electron chi connectivity index (χ3n) is 2.22. The van der Waals surface area contributed by atoms with Crippen LogP contribution in [0.2, 0.25) is 0 Å². The maximum atomic E-state index is 11.8. The predicted octanol–water partition coefficient (Wildman–Crippen LogP) is 2.91. The van der Waals surface area contributed by atoms with Crippen LogP contribution in [0.4, 0.5) is 5.69 Å². The molecule has 0 bridgehead atoms. The Hall–Kier alpha value is -0.600. The Morgan fingerprint density at radius 1 is 1.37 bits per heavy atom. The highest BCUT2D eigenvalue weighted by Gasteiger charge is 2.13. The first kappa shape index (κ1) is 16.5. The molecule has 0 aliphatic carbocycles. The summed E-state index contributed by atoms with van der Waals surface area (Å²) in [6.07, 6.45) is 0.296. The number of hydrogen-bond acceptors (Lipinski definition) is 4. The topological polar surface area (TPSA) is 72.5 Å². The highest BCUT2D eigenvalue weighted by atomic mass is 79.9. The summed E-state index contributed by atoms with van der Waals surface area (Å²) in [7, 11) is -2.21. The van der Waals surface area contributed by atoms with Crippen LogP contribution in [0.1, 0.15) is 12.8 Å². The molecule has 0 spiro atoms. The van der Waals surface area contributed by atoms with Gasteiger partial charge in [0, 0.05) is 15.4 Å². The molecule has 1 aromatic carbocycles. The van der Waals surface area contributed by atoms with Crippen molar-refractivity contribution in [1.29, 1.82) is 0 Å². The molecular formula is C11H13Br2NO4S. The van der Waals surface area contributed by atoms with E-state index in [9.17, 15) is 13.2 Å². The summed E-state index contributed by atoms with van der Waals surface area (Å²) in [6.45, 7) is 0. The zero-order chi connectivity index (χ0) is 14.5. The van der Waals surface area contributed by atoms with Crippen LogP contribution in [0.15, 0.2) is 27.1 Å². The average Bonchev–Trinajstić information content (AvgIpc) is 2.33. The zero-order valence-corrected chi connectivity index (χ0v) is 14.1. The number of sulfonamides is 1. The van der Waals surface area contributed by atoms with Crippen LogP contribution in [0.25, 0.3) is 0 Å². The number of anilines is 1. The maximum absolute atomic E-state index is 11.8. The van der Waals surface area contributed by atoms with Gasteiger partial charge < -0.3 is 4.74 Å². The third-order valence-corrected chi connectivity index (χ3v) is 4.76. The van der Waals surface area contributed by atoms with Crippen LogP contribution >= 0.6 is 31.9 Å². The van der Waals surface area contributed by atoms with Gasteiger partial charge in [0.25, 0.3) is 0 Å². The molecule has 0 atom stereocenters. The highest BCUT2D eigenvalue weighted by molar-refractivity contribution is 9.11. The molecule has 1 N–H and O–H groups in total. The standard InChI is InChI=1S/C11H13Br2NO4S/c1-18-11(15)3-2-6-19(16,17)14-10-7-8(12)4-5-9(10)13/h4-5,7,14H,2-3,6H2,1H3. The summed E-state index contributed by atoms with van der Waals surface area (Å²) in [4.78, 5) is 10.9. The number of nitrogens with one attached hydrogen (secondary N) is 1. The Bertz CT molecular complexity index is 560. The Labute approximate surface area is 129 Å². The summed E-state index contributed by atoms with van der Waals surface area (Å²) in [6, 6.07) is 5.18. The number of hydrogen-bond donors (Lipinski definition) is 1. The van der Waals surface area contributed by atoms with Gasteiger partial charge in [-0.1, -0.05) is 15.9 Å². The van der Waals surface area contributed by atoms with E-state index in [0.29, 0.717) is 10.2 Å². The van der Waals surface area contributed by atoms with Gasteiger partial charge in [-0.15, -0.1) is 0 Å². The first-order valence-electron chi connectivity index (χ1n) is 5.36. The van der Waals surface area contributed by atoms with Crippen molar-refractivity contribution in [2.45, 2.75) is 12.8 Å². The molecule has 0 radical (unpaired) electrons. The van der Waals surface area contributed by atoms with Gasteiger partial charge in [0.2, 0.25) is 10.0 Å². The fraction of sp³-hybridized carbons (Fsp3) is 0.364. The number of carbonyl (C=O) groups excluding carboxylic acids is 1. The van der Waals surface area contributed by atoms with Crippen molar-refractivity contribution in [3.63, 3.8) is 0 Å².